The van der Waals surface area contributed by atoms with Crippen LogP contribution in [0.1, 0.15) is 64.6 Å². The van der Waals surface area contributed by atoms with Crippen molar-refractivity contribution in [3.63, 3.8) is 0 Å². The summed E-state index contributed by atoms with van der Waals surface area (Å²) in [5, 5.41) is 8.36. The minimum absolute atomic E-state index is 0.438. The van der Waals surface area contributed by atoms with E-state index in [4.69, 9.17) is 4.74 Å². The van der Waals surface area contributed by atoms with Crippen LogP contribution in [-0.4, -0.2) is 35.1 Å². The normalized spacial score (nSPS) is 20.3. The molecule has 1 aliphatic rings. The smallest absolute Gasteiger partial charge is 0.0640 e. The molecule has 0 aromatic carbocycles. The van der Waals surface area contributed by atoms with Crippen LogP contribution in [0.25, 0.3) is 0 Å². The number of rotatable bonds is 9. The summed E-state index contributed by atoms with van der Waals surface area (Å²) in [5.41, 5.74) is 1.20. The van der Waals surface area contributed by atoms with E-state index in [1.54, 1.807) is 0 Å². The molecular weight excluding hydrogens is 262 g/mol. The van der Waals surface area contributed by atoms with Gasteiger partial charge >= 0.3 is 0 Å². The molecule has 0 aliphatic carbocycles. The third-order valence-electron chi connectivity index (χ3n) is 4.19. The van der Waals surface area contributed by atoms with Crippen molar-refractivity contribution < 1.29 is 4.74 Å². The molecule has 0 spiro atoms. The van der Waals surface area contributed by atoms with Gasteiger partial charge in [-0.05, 0) is 58.6 Å². The summed E-state index contributed by atoms with van der Waals surface area (Å²) < 4.78 is 7.79. The largest absolute Gasteiger partial charge is 0.378 e. The maximum atomic E-state index is 5.75. The lowest BCUT2D eigenvalue weighted by Gasteiger charge is -2.19. The Bertz CT molecular complexity index is 396. The molecule has 1 fully saturated rings. The van der Waals surface area contributed by atoms with Gasteiger partial charge in [-0.1, -0.05) is 6.92 Å². The monoisotopic (exact) mass is 293 g/mol. The van der Waals surface area contributed by atoms with E-state index in [-0.39, 0.29) is 0 Å². The van der Waals surface area contributed by atoms with Crippen LogP contribution in [0.15, 0.2) is 12.3 Å². The highest BCUT2D eigenvalue weighted by Crippen LogP contribution is 2.19. The van der Waals surface area contributed by atoms with Crippen molar-refractivity contribution in [1.29, 1.82) is 0 Å². The Labute approximate surface area is 129 Å². The number of nitrogens with zero attached hydrogens (tertiary/aromatic N) is 2. The fourth-order valence-electron chi connectivity index (χ4n) is 2.91. The first-order valence-corrected chi connectivity index (χ1v) is 8.58. The summed E-state index contributed by atoms with van der Waals surface area (Å²) in [5.74, 6) is 0. The summed E-state index contributed by atoms with van der Waals surface area (Å²) in [6.07, 6.45) is 9.61. The summed E-state index contributed by atoms with van der Waals surface area (Å²) in [6.45, 7) is 8.59. The zero-order chi connectivity index (χ0) is 15.1. The van der Waals surface area contributed by atoms with Gasteiger partial charge in [0.05, 0.1) is 11.8 Å². The highest BCUT2D eigenvalue weighted by atomic mass is 16.5. The molecule has 0 amide bonds. The molecule has 0 saturated carbocycles. The zero-order valence-corrected chi connectivity index (χ0v) is 13.8. The van der Waals surface area contributed by atoms with E-state index in [0.29, 0.717) is 18.2 Å². The number of nitrogens with one attached hydrogen (secondary N) is 1. The van der Waals surface area contributed by atoms with Gasteiger partial charge in [-0.3, -0.25) is 4.68 Å². The van der Waals surface area contributed by atoms with Gasteiger partial charge in [0.15, 0.2) is 0 Å². The molecule has 1 aromatic rings. The molecule has 0 bridgehead atoms. The third kappa shape index (κ3) is 5.44. The number of hydrogen-bond acceptors (Lipinski definition) is 3. The lowest BCUT2D eigenvalue weighted by molar-refractivity contribution is 0.0995. The van der Waals surface area contributed by atoms with Crippen LogP contribution in [0.3, 0.4) is 0 Å². The Hall–Kier alpha value is -0.870. The van der Waals surface area contributed by atoms with E-state index in [9.17, 15) is 0 Å². The third-order valence-corrected chi connectivity index (χ3v) is 4.19. The van der Waals surface area contributed by atoms with E-state index in [1.165, 1.54) is 37.8 Å². The molecular formula is C17H31N3O. The van der Waals surface area contributed by atoms with Gasteiger partial charge in [-0.15, -0.1) is 0 Å². The lowest BCUT2D eigenvalue weighted by atomic mass is 10.0. The average molecular weight is 293 g/mol. The van der Waals surface area contributed by atoms with Crippen LogP contribution < -0.4 is 5.32 Å². The van der Waals surface area contributed by atoms with Crippen molar-refractivity contribution in [3.05, 3.63) is 18.0 Å². The topological polar surface area (TPSA) is 39.1 Å². The molecule has 2 rings (SSSR count). The van der Waals surface area contributed by atoms with E-state index in [1.807, 2.05) is 4.68 Å². The molecule has 2 atom stereocenters. The minimum Gasteiger partial charge on any atom is -0.378 e. The summed E-state index contributed by atoms with van der Waals surface area (Å²) in [6, 6.07) is 3.12. The first-order chi connectivity index (χ1) is 10.2. The van der Waals surface area contributed by atoms with Crippen LogP contribution in [-0.2, 0) is 11.2 Å². The van der Waals surface area contributed by atoms with E-state index in [0.717, 1.165) is 19.6 Å². The standard InChI is InChI=1S/C17H31N3O/c1-4-10-18-15(7-8-17-6-5-12-21-17)13-16-9-11-20(19-16)14(2)3/h9,11,14-15,17-18H,4-8,10,12-13H2,1-3H3. The first-order valence-electron chi connectivity index (χ1n) is 8.58. The molecule has 2 heterocycles. The van der Waals surface area contributed by atoms with E-state index < -0.39 is 0 Å². The Morgan fingerprint density at radius 1 is 1.48 bits per heavy atom. The molecule has 1 N–H and O–H groups in total. The van der Waals surface area contributed by atoms with Crippen LogP contribution >= 0.6 is 0 Å². The predicted octanol–water partition coefficient (Wildman–Crippen LogP) is 3.33. The van der Waals surface area contributed by atoms with Crippen molar-refractivity contribution in [2.75, 3.05) is 13.2 Å². The van der Waals surface area contributed by atoms with Gasteiger partial charge in [-0.2, -0.15) is 5.10 Å². The number of hydrogen-bond donors (Lipinski definition) is 1. The predicted molar refractivity (Wildman–Crippen MR) is 86.6 cm³/mol. The van der Waals surface area contributed by atoms with Crippen molar-refractivity contribution in [2.45, 2.75) is 77.5 Å². The van der Waals surface area contributed by atoms with Gasteiger partial charge in [-0.25, -0.2) is 0 Å². The van der Waals surface area contributed by atoms with Crippen molar-refractivity contribution in [1.82, 2.24) is 15.1 Å². The average Bonchev–Trinajstić information content (AvgIpc) is 3.13. The molecule has 4 heteroatoms. The van der Waals surface area contributed by atoms with Crippen LogP contribution in [0.5, 0.6) is 0 Å². The second-order valence-electron chi connectivity index (χ2n) is 6.45. The van der Waals surface area contributed by atoms with E-state index in [2.05, 4.69) is 43.4 Å². The second kappa shape index (κ2) is 8.54. The molecule has 21 heavy (non-hydrogen) atoms. The molecule has 2 unspecified atom stereocenters. The second-order valence-corrected chi connectivity index (χ2v) is 6.45. The fourth-order valence-corrected chi connectivity index (χ4v) is 2.91. The van der Waals surface area contributed by atoms with Gasteiger partial charge in [0.2, 0.25) is 0 Å². The highest BCUT2D eigenvalue weighted by Gasteiger charge is 2.18. The minimum atomic E-state index is 0.438. The maximum absolute atomic E-state index is 5.75. The SMILES string of the molecule is CCCNC(CCC1CCCO1)Cc1ccn(C(C)C)n1. The molecule has 1 saturated heterocycles. The van der Waals surface area contributed by atoms with Gasteiger partial charge < -0.3 is 10.1 Å². The van der Waals surface area contributed by atoms with Gasteiger partial charge in [0.1, 0.15) is 0 Å². The van der Waals surface area contributed by atoms with Crippen molar-refractivity contribution >= 4 is 0 Å². The van der Waals surface area contributed by atoms with Gasteiger partial charge in [0, 0.05) is 31.3 Å². The first kappa shape index (κ1) is 16.5. The molecule has 0 radical (unpaired) electrons. The lowest BCUT2D eigenvalue weighted by Crippen LogP contribution is -2.33. The Morgan fingerprint density at radius 2 is 2.33 bits per heavy atom. The molecule has 1 aliphatic heterocycles. The Balaban J connectivity index is 1.84. The number of ether oxygens (including phenoxy) is 1. The van der Waals surface area contributed by atoms with Crippen molar-refractivity contribution in [3.8, 4) is 0 Å². The number of aromatic nitrogens is 2. The summed E-state index contributed by atoms with van der Waals surface area (Å²) >= 11 is 0. The van der Waals surface area contributed by atoms with Crippen LogP contribution in [0.2, 0.25) is 0 Å². The summed E-state index contributed by atoms with van der Waals surface area (Å²) in [4.78, 5) is 0. The van der Waals surface area contributed by atoms with Crippen LogP contribution in [0.4, 0.5) is 0 Å². The molecule has 120 valence electrons. The quantitative estimate of drug-likeness (QED) is 0.759. The maximum Gasteiger partial charge on any atom is 0.0640 e. The van der Waals surface area contributed by atoms with Crippen LogP contribution in [0, 0.1) is 0 Å². The van der Waals surface area contributed by atoms with Gasteiger partial charge in [0.25, 0.3) is 0 Å². The van der Waals surface area contributed by atoms with Crippen molar-refractivity contribution in [2.24, 2.45) is 0 Å². The van der Waals surface area contributed by atoms with E-state index >= 15 is 0 Å². The highest BCUT2D eigenvalue weighted by molar-refractivity contribution is 5.02. The Morgan fingerprint density at radius 3 is 2.95 bits per heavy atom. The fraction of sp³-hybridized carbons (Fsp3) is 0.824. The zero-order valence-electron chi connectivity index (χ0n) is 13.8. The Kier molecular flexibility index (Phi) is 6.71. The summed E-state index contributed by atoms with van der Waals surface area (Å²) in [7, 11) is 0. The molecule has 4 nitrogen and oxygen atoms in total. The molecule has 1 aromatic heterocycles.